The smallest absolute Gasteiger partial charge is 0.410 e. The largest absolute Gasteiger partial charge is 0.444 e. The fourth-order valence-electron chi connectivity index (χ4n) is 5.60. The first-order valence-electron chi connectivity index (χ1n) is 13.6. The van der Waals surface area contributed by atoms with Crippen molar-refractivity contribution in [2.75, 3.05) is 30.9 Å². The Labute approximate surface area is 238 Å². The number of carbonyl (C=O) groups is 1. The van der Waals surface area contributed by atoms with Gasteiger partial charge in [0.25, 0.3) is 0 Å². The Balaban J connectivity index is 1.65. The van der Waals surface area contributed by atoms with Crippen LogP contribution in [0.1, 0.15) is 40.2 Å². The molecule has 3 atom stereocenters. The number of nitrogens with zero attached hydrogens (tertiary/aromatic N) is 4. The lowest BCUT2D eigenvalue weighted by molar-refractivity contribution is 0.0130. The number of carbonyl (C=O) groups excluding carboxylic acids is 1. The summed E-state index contributed by atoms with van der Waals surface area (Å²) in [6, 6.07) is 8.33. The summed E-state index contributed by atoms with van der Waals surface area (Å²) >= 11 is 1.66. The molecule has 5 rings (SSSR count). The molecule has 1 aromatic heterocycles. The number of hydrogen-bond donors (Lipinski definition) is 0. The zero-order valence-corrected chi connectivity index (χ0v) is 25.0. The molecule has 1 saturated heterocycles. The first-order valence-corrected chi connectivity index (χ1v) is 14.6. The van der Waals surface area contributed by atoms with Crippen LogP contribution in [0.4, 0.5) is 15.0 Å². The zero-order chi connectivity index (χ0) is 28.9. The Hall–Kier alpha value is -3.11. The lowest BCUT2D eigenvalue weighted by atomic mass is 9.97. The molecule has 3 aromatic rings. The van der Waals surface area contributed by atoms with Gasteiger partial charge in [-0.25, -0.2) is 14.0 Å². The van der Waals surface area contributed by atoms with E-state index in [0.29, 0.717) is 31.2 Å². The maximum absolute atomic E-state index is 13.8. The van der Waals surface area contributed by atoms with E-state index < -0.39 is 5.60 Å². The van der Waals surface area contributed by atoms with Crippen molar-refractivity contribution < 1.29 is 18.7 Å². The van der Waals surface area contributed by atoms with Crippen LogP contribution in [-0.2, 0) is 16.0 Å². The quantitative estimate of drug-likeness (QED) is 0.415. The topological polar surface area (TPSA) is 76.9 Å². The van der Waals surface area contributed by atoms with E-state index in [2.05, 4.69) is 16.0 Å². The van der Waals surface area contributed by atoms with E-state index in [4.69, 9.17) is 9.47 Å². The van der Waals surface area contributed by atoms with Crippen LogP contribution in [0.25, 0.3) is 22.0 Å². The highest BCUT2D eigenvalue weighted by Gasteiger charge is 2.37. The van der Waals surface area contributed by atoms with Gasteiger partial charge in [0.1, 0.15) is 17.2 Å². The fourth-order valence-corrected chi connectivity index (χ4v) is 6.97. The van der Waals surface area contributed by atoms with E-state index in [1.165, 1.54) is 12.1 Å². The van der Waals surface area contributed by atoms with Crippen LogP contribution in [0, 0.1) is 12.7 Å². The van der Waals surface area contributed by atoms with Crippen LogP contribution in [0.5, 0.6) is 0 Å². The summed E-state index contributed by atoms with van der Waals surface area (Å²) in [6.07, 6.45) is -0.502. The minimum Gasteiger partial charge on any atom is -0.444 e. The second kappa shape index (κ2) is 10.7. The number of amides is 1. The van der Waals surface area contributed by atoms with Crippen LogP contribution >= 0.6 is 11.8 Å². The second-order valence-corrected chi connectivity index (χ2v) is 12.8. The predicted molar refractivity (Wildman–Crippen MR) is 157 cm³/mol. The summed E-state index contributed by atoms with van der Waals surface area (Å²) in [4.78, 5) is 36.1. The number of halogens is 1. The standard InChI is InChI=1S/C30H37FN4O4S/c1-17-12-23-25-26(24(17)20-8-10-21(31)11-9-20)40-16-22(38-7)15-35(25)28(36)32-27(23)33-13-19(3)34(14-18(33)2)29(37)39-30(4,5)6/h8-12,18-19,22H,13-16H2,1-7H3/t18-,19+,22-/m0/s1. The molecular weight excluding hydrogens is 531 g/mol. The molecule has 0 saturated carbocycles. The van der Waals surface area contributed by atoms with E-state index in [9.17, 15) is 14.0 Å². The molecular formula is C30H37FN4O4S. The second-order valence-electron chi connectivity index (χ2n) is 11.8. The Morgan fingerprint density at radius 2 is 1.80 bits per heavy atom. The van der Waals surface area contributed by atoms with E-state index in [0.717, 1.165) is 32.5 Å². The van der Waals surface area contributed by atoms with Gasteiger partial charge in [0.2, 0.25) is 0 Å². The van der Waals surface area contributed by atoms with Crippen LogP contribution in [-0.4, -0.2) is 70.3 Å². The number of methoxy groups -OCH3 is 1. The molecule has 8 nitrogen and oxygen atoms in total. The average molecular weight is 569 g/mol. The molecule has 0 aliphatic carbocycles. The number of aromatic nitrogens is 2. The van der Waals surface area contributed by atoms with Crippen LogP contribution < -0.4 is 10.6 Å². The molecule has 2 aromatic carbocycles. The number of hydrogen-bond acceptors (Lipinski definition) is 7. The molecule has 2 aliphatic heterocycles. The van der Waals surface area contributed by atoms with Crippen molar-refractivity contribution >= 4 is 34.6 Å². The Kier molecular flexibility index (Phi) is 7.60. The summed E-state index contributed by atoms with van der Waals surface area (Å²) in [6.45, 7) is 13.0. The minimum absolute atomic E-state index is 0.0975. The fraction of sp³-hybridized carbons (Fsp3) is 0.500. The van der Waals surface area contributed by atoms with Gasteiger partial charge >= 0.3 is 11.8 Å². The predicted octanol–water partition coefficient (Wildman–Crippen LogP) is 5.47. The third-order valence-electron chi connectivity index (χ3n) is 7.55. The molecule has 0 spiro atoms. The molecule has 3 heterocycles. The van der Waals surface area contributed by atoms with Gasteiger partial charge in [-0.2, -0.15) is 4.98 Å². The van der Waals surface area contributed by atoms with Crippen LogP contribution in [0.3, 0.4) is 0 Å². The van der Waals surface area contributed by atoms with Crippen LogP contribution in [0.2, 0.25) is 0 Å². The van der Waals surface area contributed by atoms with Crippen molar-refractivity contribution in [2.24, 2.45) is 0 Å². The van der Waals surface area contributed by atoms with Gasteiger partial charge in [-0.05, 0) is 70.9 Å². The maximum atomic E-state index is 13.8. The highest BCUT2D eigenvalue weighted by atomic mass is 32.2. The summed E-state index contributed by atoms with van der Waals surface area (Å²) in [5, 5.41) is 0.881. The zero-order valence-electron chi connectivity index (χ0n) is 24.2. The lowest BCUT2D eigenvalue weighted by Gasteiger charge is -2.45. The number of piperazine rings is 1. The number of thioether (sulfide) groups is 1. The minimum atomic E-state index is -0.584. The molecule has 214 valence electrons. The SMILES string of the molecule is CO[C@@H]1CSc2c(-c3ccc(F)cc3)c(C)cc3c(N4C[C@@H](C)N(C(=O)OC(C)(C)C)C[C@@H]4C)nc(=O)n(c23)C1. The van der Waals surface area contributed by atoms with Crippen LogP contribution in [0.15, 0.2) is 40.0 Å². The number of ether oxygens (including phenoxy) is 2. The van der Waals surface area contributed by atoms with Crippen molar-refractivity contribution in [3.05, 3.63) is 52.2 Å². The van der Waals surface area contributed by atoms with Crippen molar-refractivity contribution in [3.8, 4) is 11.1 Å². The number of benzene rings is 2. The van der Waals surface area contributed by atoms with E-state index in [1.54, 1.807) is 40.5 Å². The van der Waals surface area contributed by atoms with Crippen molar-refractivity contribution in [1.29, 1.82) is 0 Å². The molecule has 0 N–H and O–H groups in total. The number of aryl methyl sites for hydroxylation is 1. The molecule has 0 unspecified atom stereocenters. The van der Waals surface area contributed by atoms with E-state index in [-0.39, 0.29) is 35.8 Å². The summed E-state index contributed by atoms with van der Waals surface area (Å²) in [7, 11) is 1.66. The monoisotopic (exact) mass is 568 g/mol. The average Bonchev–Trinajstić information content (AvgIpc) is 3.08. The van der Waals surface area contributed by atoms with E-state index in [1.807, 2.05) is 41.5 Å². The lowest BCUT2D eigenvalue weighted by Crippen LogP contribution is -2.59. The van der Waals surface area contributed by atoms with Crippen molar-refractivity contribution in [1.82, 2.24) is 14.5 Å². The first kappa shape index (κ1) is 28.4. The van der Waals surface area contributed by atoms with Gasteiger partial charge in [0, 0.05) is 53.9 Å². The number of rotatable bonds is 3. The Morgan fingerprint density at radius 1 is 1.10 bits per heavy atom. The molecule has 10 heteroatoms. The normalized spacial score (nSPS) is 21.4. The van der Waals surface area contributed by atoms with Gasteiger partial charge in [-0.3, -0.25) is 4.57 Å². The van der Waals surface area contributed by atoms with Gasteiger partial charge in [0.15, 0.2) is 0 Å². The Morgan fingerprint density at radius 3 is 2.45 bits per heavy atom. The first-order chi connectivity index (χ1) is 18.9. The third kappa shape index (κ3) is 5.31. The third-order valence-corrected chi connectivity index (χ3v) is 8.77. The molecule has 40 heavy (non-hydrogen) atoms. The highest BCUT2D eigenvalue weighted by Crippen LogP contribution is 2.44. The summed E-state index contributed by atoms with van der Waals surface area (Å²) in [5.41, 5.74) is 2.79. The van der Waals surface area contributed by atoms with Gasteiger partial charge in [-0.1, -0.05) is 12.1 Å². The Bertz CT molecular complexity index is 1500. The van der Waals surface area contributed by atoms with Crippen molar-refractivity contribution in [3.63, 3.8) is 0 Å². The maximum Gasteiger partial charge on any atom is 0.410 e. The highest BCUT2D eigenvalue weighted by molar-refractivity contribution is 7.99. The molecule has 1 fully saturated rings. The van der Waals surface area contributed by atoms with E-state index >= 15 is 0 Å². The molecule has 0 bridgehead atoms. The molecule has 0 radical (unpaired) electrons. The number of anilines is 1. The van der Waals surface area contributed by atoms with Crippen molar-refractivity contribution in [2.45, 2.75) is 76.8 Å². The molecule has 1 amide bonds. The summed E-state index contributed by atoms with van der Waals surface area (Å²) < 4.78 is 26.9. The molecule has 2 aliphatic rings. The van der Waals surface area contributed by atoms with Gasteiger partial charge < -0.3 is 19.3 Å². The van der Waals surface area contributed by atoms with Gasteiger partial charge in [-0.15, -0.1) is 11.8 Å². The summed E-state index contributed by atoms with van der Waals surface area (Å²) in [5.74, 6) is 0.991. The van der Waals surface area contributed by atoms with Gasteiger partial charge in [0.05, 0.1) is 18.2 Å².